The van der Waals surface area contributed by atoms with Crippen molar-refractivity contribution < 1.29 is 48.9 Å². The predicted molar refractivity (Wildman–Crippen MR) is 141 cm³/mol. The smallest absolute Gasteiger partial charge is 0.373 e. The summed E-state index contributed by atoms with van der Waals surface area (Å²) in [6, 6.07) is 24.8. The Morgan fingerprint density at radius 1 is 0.625 bits per heavy atom. The fourth-order valence-electron chi connectivity index (χ4n) is 2.99. The van der Waals surface area contributed by atoms with E-state index in [0.717, 1.165) is 30.7 Å². The van der Waals surface area contributed by atoms with Crippen LogP contribution in [0.15, 0.2) is 103 Å². The van der Waals surface area contributed by atoms with Crippen LogP contribution in [0.3, 0.4) is 0 Å². The Hall–Kier alpha value is -4.27. The van der Waals surface area contributed by atoms with Crippen molar-refractivity contribution in [1.82, 2.24) is 0 Å². The number of benzene rings is 4. The van der Waals surface area contributed by atoms with Crippen molar-refractivity contribution in [3.05, 3.63) is 156 Å². The van der Waals surface area contributed by atoms with Gasteiger partial charge in [0.1, 0.15) is 0 Å². The fraction of sp³-hybridized carbons (Fsp3) is 0.0323. The van der Waals surface area contributed by atoms with Crippen LogP contribution in [0.1, 0.15) is 27.1 Å². The molecule has 40 heavy (non-hydrogen) atoms. The van der Waals surface area contributed by atoms with Gasteiger partial charge in [0.05, 0.1) is 0 Å². The molecular weight excluding hydrogens is 556 g/mol. The zero-order valence-corrected chi connectivity index (χ0v) is 22.4. The number of anilines is 2. The Labute approximate surface area is 244 Å². The van der Waals surface area contributed by atoms with Crippen molar-refractivity contribution in [3.63, 3.8) is 0 Å². The number of allylic oxidation sites excluding steroid dienone is 4. The SMILES string of the molecule is O=C(Nc1ccc(F)[c-]c1F)c1ccccc1.O=C(Nc1ccc(F)[c-]c1F)c1ccccc1.[C-]1=CC=CC1.[Ti+3]. The molecule has 0 spiro atoms. The second-order valence-corrected chi connectivity index (χ2v) is 7.71. The number of amides is 2. The quantitative estimate of drug-likeness (QED) is 0.152. The van der Waals surface area contributed by atoms with Gasteiger partial charge in [0.2, 0.25) is 11.8 Å². The van der Waals surface area contributed by atoms with Crippen molar-refractivity contribution in [3.8, 4) is 0 Å². The molecule has 0 aliphatic heterocycles. The van der Waals surface area contributed by atoms with Crippen LogP contribution in [0.4, 0.5) is 28.9 Å². The van der Waals surface area contributed by atoms with E-state index in [9.17, 15) is 27.2 Å². The van der Waals surface area contributed by atoms with E-state index >= 15 is 0 Å². The van der Waals surface area contributed by atoms with Crippen LogP contribution in [-0.2, 0) is 21.7 Å². The van der Waals surface area contributed by atoms with E-state index in [-0.39, 0.29) is 33.1 Å². The molecule has 0 bridgehead atoms. The van der Waals surface area contributed by atoms with Crippen molar-refractivity contribution in [2.24, 2.45) is 0 Å². The first-order valence-corrected chi connectivity index (χ1v) is 11.5. The predicted octanol–water partition coefficient (Wildman–Crippen LogP) is 7.34. The first-order valence-electron chi connectivity index (χ1n) is 11.5. The zero-order chi connectivity index (χ0) is 28.0. The van der Waals surface area contributed by atoms with E-state index in [1.807, 2.05) is 24.3 Å². The van der Waals surface area contributed by atoms with Crippen LogP contribution in [-0.4, -0.2) is 11.8 Å². The van der Waals surface area contributed by atoms with Gasteiger partial charge >= 0.3 is 21.7 Å². The molecule has 0 atom stereocenters. The molecule has 0 saturated carbocycles. The van der Waals surface area contributed by atoms with Gasteiger partial charge in [-0.15, -0.1) is 42.8 Å². The van der Waals surface area contributed by atoms with Gasteiger partial charge in [0.15, 0.2) is 0 Å². The van der Waals surface area contributed by atoms with Crippen molar-refractivity contribution in [1.29, 1.82) is 0 Å². The molecule has 4 aromatic carbocycles. The van der Waals surface area contributed by atoms with Gasteiger partial charge in [0, 0.05) is 34.4 Å². The third-order valence-electron chi connectivity index (χ3n) is 4.88. The van der Waals surface area contributed by atoms with Gasteiger partial charge in [-0.25, -0.2) is 29.7 Å². The third kappa shape index (κ3) is 10.5. The number of carbonyl (C=O) groups is 2. The summed E-state index contributed by atoms with van der Waals surface area (Å²) in [5.74, 6) is -4.36. The van der Waals surface area contributed by atoms with E-state index in [0.29, 0.717) is 11.1 Å². The maximum absolute atomic E-state index is 13.2. The number of hydrogen-bond donors (Lipinski definition) is 2. The molecule has 0 saturated heterocycles. The molecule has 2 amide bonds. The first-order chi connectivity index (χ1) is 18.8. The Morgan fingerprint density at radius 3 is 1.35 bits per heavy atom. The minimum Gasteiger partial charge on any atom is -0.373 e. The molecule has 9 heteroatoms. The summed E-state index contributed by atoms with van der Waals surface area (Å²) in [6.45, 7) is 0. The molecule has 4 aromatic rings. The molecule has 0 aromatic heterocycles. The Kier molecular flexibility index (Phi) is 13.3. The fourth-order valence-corrected chi connectivity index (χ4v) is 2.99. The second kappa shape index (κ2) is 16.6. The van der Waals surface area contributed by atoms with Crippen LogP contribution in [0.2, 0.25) is 0 Å². The molecule has 1 aliphatic rings. The number of carbonyl (C=O) groups excluding carboxylic acids is 2. The van der Waals surface area contributed by atoms with E-state index < -0.39 is 35.1 Å². The van der Waals surface area contributed by atoms with Gasteiger partial charge in [-0.1, -0.05) is 36.4 Å². The molecule has 199 valence electrons. The molecule has 1 aliphatic carbocycles. The van der Waals surface area contributed by atoms with Crippen molar-refractivity contribution in [2.75, 3.05) is 10.6 Å². The maximum atomic E-state index is 13.2. The molecule has 5 rings (SSSR count). The first kappa shape index (κ1) is 31.9. The van der Waals surface area contributed by atoms with Crippen LogP contribution in [0.5, 0.6) is 0 Å². The maximum Gasteiger partial charge on any atom is 3.00 e. The number of nitrogens with one attached hydrogen (secondary N) is 2. The molecule has 2 N–H and O–H groups in total. The van der Waals surface area contributed by atoms with E-state index in [4.69, 9.17) is 0 Å². The van der Waals surface area contributed by atoms with Crippen molar-refractivity contribution in [2.45, 2.75) is 6.42 Å². The largest absolute Gasteiger partial charge is 3.00 e. The van der Waals surface area contributed by atoms with Crippen molar-refractivity contribution >= 4 is 23.2 Å². The standard InChI is InChI=1S/2C13H8F2NO.C5H5.Ti/c2*14-10-6-7-12(11(15)8-10)16-13(17)9-4-2-1-3-5-9;1-2-4-5-3-1;/h2*1-7H,(H,16,17);1-3H,4H2;/q3*-1;+3. The van der Waals surface area contributed by atoms with Crippen LogP contribution >= 0.6 is 0 Å². The second-order valence-electron chi connectivity index (χ2n) is 7.71. The number of rotatable bonds is 4. The summed E-state index contributed by atoms with van der Waals surface area (Å²) >= 11 is 0. The summed E-state index contributed by atoms with van der Waals surface area (Å²) in [6.07, 6.45) is 10.0. The number of halogens is 4. The van der Waals surface area contributed by atoms with E-state index in [1.54, 1.807) is 60.7 Å². The van der Waals surface area contributed by atoms with Gasteiger partial charge in [-0.05, 0) is 35.6 Å². The van der Waals surface area contributed by atoms with Crippen LogP contribution < -0.4 is 10.6 Å². The third-order valence-corrected chi connectivity index (χ3v) is 4.88. The van der Waals surface area contributed by atoms with Gasteiger partial charge in [-0.3, -0.25) is 15.7 Å². The van der Waals surface area contributed by atoms with E-state index in [1.165, 1.54) is 0 Å². The average Bonchev–Trinajstić information content (AvgIpc) is 3.54. The van der Waals surface area contributed by atoms with Crippen LogP contribution in [0, 0.1) is 41.5 Å². The molecule has 1 radical (unpaired) electrons. The Balaban J connectivity index is 0.000000233. The Bertz CT molecular complexity index is 1350. The molecule has 0 unspecified atom stereocenters. The van der Waals surface area contributed by atoms with Gasteiger partial charge in [0.25, 0.3) is 0 Å². The molecule has 0 fully saturated rings. The number of hydrogen-bond acceptors (Lipinski definition) is 2. The van der Waals surface area contributed by atoms with E-state index in [2.05, 4.69) is 22.8 Å². The normalized spacial score (nSPS) is 10.7. The summed E-state index contributed by atoms with van der Waals surface area (Å²) < 4.78 is 51.6. The summed E-state index contributed by atoms with van der Waals surface area (Å²) in [5.41, 5.74) is 0.605. The molecule has 4 nitrogen and oxygen atoms in total. The average molecular weight is 577 g/mol. The summed E-state index contributed by atoms with van der Waals surface area (Å²) in [4.78, 5) is 23.3. The monoisotopic (exact) mass is 577 g/mol. The van der Waals surface area contributed by atoms with Gasteiger partial charge in [-0.2, -0.15) is 6.08 Å². The minimum atomic E-state index is -0.922. The minimum absolute atomic E-state index is 0. The topological polar surface area (TPSA) is 58.2 Å². The summed E-state index contributed by atoms with van der Waals surface area (Å²) in [5, 5.41) is 4.68. The van der Waals surface area contributed by atoms with Crippen LogP contribution in [0.25, 0.3) is 0 Å². The Morgan fingerprint density at radius 2 is 1.05 bits per heavy atom. The molecule has 0 heterocycles. The van der Waals surface area contributed by atoms with Gasteiger partial charge < -0.3 is 10.6 Å². The summed E-state index contributed by atoms with van der Waals surface area (Å²) in [7, 11) is 0. The zero-order valence-electron chi connectivity index (χ0n) is 20.9. The molecular formula is C31H21F4N2O2Ti.